The fraction of sp³-hybridized carbons (Fsp3) is 0.250. The summed E-state index contributed by atoms with van der Waals surface area (Å²) in [7, 11) is 0. The predicted molar refractivity (Wildman–Crippen MR) is 45.2 cm³/mol. The summed E-state index contributed by atoms with van der Waals surface area (Å²) >= 11 is 1.87. The molecule has 0 radical (unpaired) electrons. The van der Waals surface area contributed by atoms with Crippen LogP contribution in [0.3, 0.4) is 0 Å². The van der Waals surface area contributed by atoms with Gasteiger partial charge in [0, 0.05) is 5.56 Å². The Morgan fingerprint density at radius 1 is 1.29 bits per heavy atom. The number of rotatable bonds is 2. The number of hydrogen-bond donors (Lipinski definition) is 1. The highest BCUT2D eigenvalue weighted by Gasteiger charge is 2.38. The molecule has 1 unspecified atom stereocenters. The summed E-state index contributed by atoms with van der Waals surface area (Å²) in [5.41, 5.74) is -0.785. The van der Waals surface area contributed by atoms with Gasteiger partial charge in [0.15, 0.2) is 17.7 Å². The van der Waals surface area contributed by atoms with Crippen molar-refractivity contribution in [1.82, 2.24) is 0 Å². The van der Waals surface area contributed by atoms with E-state index in [9.17, 15) is 17.6 Å². The van der Waals surface area contributed by atoms with Crippen LogP contribution in [-0.2, 0) is 0 Å². The number of halogens is 5. The van der Waals surface area contributed by atoms with E-state index in [1.54, 1.807) is 0 Å². The highest BCUT2D eigenvalue weighted by atomic mass is 79.9. The molecule has 0 aliphatic heterocycles. The Kier molecular flexibility index (Phi) is 3.16. The van der Waals surface area contributed by atoms with Gasteiger partial charge in [-0.3, -0.25) is 0 Å². The van der Waals surface area contributed by atoms with Crippen LogP contribution in [0.15, 0.2) is 18.2 Å². The molecule has 0 aliphatic carbocycles. The predicted octanol–water partition coefficient (Wildman–Crippen LogP) is 2.99. The molecule has 0 spiro atoms. The molecule has 0 amide bonds. The van der Waals surface area contributed by atoms with Crippen LogP contribution in [0.2, 0.25) is 0 Å². The van der Waals surface area contributed by atoms with Crippen LogP contribution in [0, 0.1) is 11.6 Å². The largest absolute Gasteiger partial charge is 0.381 e. The van der Waals surface area contributed by atoms with Crippen LogP contribution in [-0.4, -0.2) is 9.94 Å². The fourth-order valence-electron chi connectivity index (χ4n) is 0.908. The van der Waals surface area contributed by atoms with E-state index in [0.717, 1.165) is 18.2 Å². The second kappa shape index (κ2) is 3.86. The average Bonchev–Trinajstić information content (AvgIpc) is 2.07. The number of alkyl halides is 3. The monoisotopic (exact) mass is 272 g/mol. The van der Waals surface area contributed by atoms with Crippen LogP contribution < -0.4 is 0 Å². The average molecular weight is 273 g/mol. The zero-order chi connectivity index (χ0) is 10.9. The van der Waals surface area contributed by atoms with Crippen LogP contribution in [0.4, 0.5) is 17.6 Å². The van der Waals surface area contributed by atoms with Crippen LogP contribution in [0.1, 0.15) is 11.7 Å². The Balaban J connectivity index is 3.14. The van der Waals surface area contributed by atoms with E-state index in [2.05, 4.69) is 0 Å². The third kappa shape index (κ3) is 2.24. The van der Waals surface area contributed by atoms with Crippen LogP contribution in [0.25, 0.3) is 0 Å². The Morgan fingerprint density at radius 2 is 1.86 bits per heavy atom. The molecule has 6 heteroatoms. The van der Waals surface area contributed by atoms with Crippen LogP contribution in [0.5, 0.6) is 0 Å². The molecule has 1 aromatic carbocycles. The summed E-state index contributed by atoms with van der Waals surface area (Å²) in [6, 6.07) is 2.70. The summed E-state index contributed by atoms with van der Waals surface area (Å²) in [4.78, 5) is -3.69. The molecule has 1 rings (SSSR count). The van der Waals surface area contributed by atoms with Gasteiger partial charge in [0.2, 0.25) is 0 Å². The Hall–Kier alpha value is -0.620. The van der Waals surface area contributed by atoms with Crippen molar-refractivity contribution in [3.05, 3.63) is 35.4 Å². The van der Waals surface area contributed by atoms with Crippen molar-refractivity contribution in [1.29, 1.82) is 0 Å². The van der Waals surface area contributed by atoms with Crippen molar-refractivity contribution >= 4 is 15.9 Å². The van der Waals surface area contributed by atoms with Crippen LogP contribution >= 0.6 is 15.9 Å². The van der Waals surface area contributed by atoms with Gasteiger partial charge in [-0.2, -0.15) is 8.78 Å². The molecule has 0 fully saturated rings. The van der Waals surface area contributed by atoms with E-state index >= 15 is 0 Å². The third-order valence-electron chi connectivity index (χ3n) is 1.59. The Bertz CT molecular complexity index is 337. The van der Waals surface area contributed by atoms with Gasteiger partial charge in [-0.05, 0) is 22.0 Å². The van der Waals surface area contributed by atoms with Gasteiger partial charge in [-0.25, -0.2) is 8.78 Å². The van der Waals surface area contributed by atoms with E-state index in [4.69, 9.17) is 5.11 Å². The first-order chi connectivity index (χ1) is 6.34. The summed E-state index contributed by atoms with van der Waals surface area (Å²) in [6.07, 6.45) is -2.42. The smallest absolute Gasteiger partial charge is 0.330 e. The molecule has 1 N–H and O–H groups in total. The molecule has 1 atom stereocenters. The Labute approximate surface area is 85.5 Å². The molecule has 1 aromatic rings. The molecular weight excluding hydrogens is 268 g/mol. The summed E-state index contributed by atoms with van der Waals surface area (Å²) in [5, 5.41) is 8.96. The lowest BCUT2D eigenvalue weighted by molar-refractivity contribution is -0.0314. The number of aliphatic hydroxyl groups excluding tert-OH is 1. The first-order valence-electron chi connectivity index (χ1n) is 3.52. The minimum absolute atomic E-state index is 0.776. The van der Waals surface area contributed by atoms with E-state index < -0.39 is 28.1 Å². The number of benzene rings is 1. The van der Waals surface area contributed by atoms with Crippen molar-refractivity contribution in [2.24, 2.45) is 0 Å². The van der Waals surface area contributed by atoms with Gasteiger partial charge < -0.3 is 5.11 Å². The molecule has 1 nitrogen and oxygen atoms in total. The minimum atomic E-state index is -3.69. The van der Waals surface area contributed by atoms with Crippen molar-refractivity contribution in [3.8, 4) is 0 Å². The molecule has 14 heavy (non-hydrogen) atoms. The SMILES string of the molecule is OC(c1cccc(F)c1F)C(F)(F)Br. The summed E-state index contributed by atoms with van der Waals surface area (Å²) < 4.78 is 50.5. The topological polar surface area (TPSA) is 20.2 Å². The quantitative estimate of drug-likeness (QED) is 0.648. The lowest BCUT2D eigenvalue weighted by atomic mass is 10.1. The van der Waals surface area contributed by atoms with Gasteiger partial charge in [0.05, 0.1) is 0 Å². The van der Waals surface area contributed by atoms with Gasteiger partial charge in [-0.15, -0.1) is 0 Å². The lowest BCUT2D eigenvalue weighted by Gasteiger charge is -2.17. The molecule has 0 bridgehead atoms. The maximum atomic E-state index is 12.9. The maximum Gasteiger partial charge on any atom is 0.330 e. The van der Waals surface area contributed by atoms with E-state index in [-0.39, 0.29) is 0 Å². The molecule has 0 heterocycles. The first kappa shape index (κ1) is 11.5. The standard InChI is InChI=1S/C8H5BrF4O/c9-8(12,13)7(14)4-2-1-3-5(10)6(4)11/h1-3,7,14H. The molecule has 0 aliphatic rings. The van der Waals surface area contributed by atoms with E-state index in [1.807, 2.05) is 15.9 Å². The fourth-order valence-corrected chi connectivity index (χ4v) is 1.15. The first-order valence-corrected chi connectivity index (χ1v) is 4.32. The molecule has 0 saturated heterocycles. The molecular formula is C8H5BrF4O. The highest BCUT2D eigenvalue weighted by molar-refractivity contribution is 9.10. The summed E-state index contributed by atoms with van der Waals surface area (Å²) in [6.45, 7) is 0. The van der Waals surface area contributed by atoms with E-state index in [0.29, 0.717) is 0 Å². The summed E-state index contributed by atoms with van der Waals surface area (Å²) in [5.74, 6) is -2.75. The minimum Gasteiger partial charge on any atom is -0.381 e. The second-order valence-corrected chi connectivity index (χ2v) is 3.64. The van der Waals surface area contributed by atoms with Gasteiger partial charge in [-0.1, -0.05) is 12.1 Å². The molecule has 78 valence electrons. The third-order valence-corrected chi connectivity index (χ3v) is 2.02. The van der Waals surface area contributed by atoms with E-state index in [1.165, 1.54) is 0 Å². The van der Waals surface area contributed by atoms with Gasteiger partial charge >= 0.3 is 4.83 Å². The van der Waals surface area contributed by atoms with Crippen molar-refractivity contribution in [3.63, 3.8) is 0 Å². The van der Waals surface area contributed by atoms with Gasteiger partial charge in [0.25, 0.3) is 0 Å². The zero-order valence-corrected chi connectivity index (χ0v) is 8.23. The lowest BCUT2D eigenvalue weighted by Crippen LogP contribution is -2.19. The second-order valence-electron chi connectivity index (χ2n) is 2.59. The van der Waals surface area contributed by atoms with Crippen molar-refractivity contribution < 1.29 is 22.7 Å². The molecule has 0 aromatic heterocycles. The van der Waals surface area contributed by atoms with Crippen molar-refractivity contribution in [2.45, 2.75) is 10.9 Å². The zero-order valence-electron chi connectivity index (χ0n) is 6.65. The Morgan fingerprint density at radius 3 is 2.36 bits per heavy atom. The number of aliphatic hydroxyl groups is 1. The maximum absolute atomic E-state index is 12.9. The normalized spacial score (nSPS) is 14.1. The van der Waals surface area contributed by atoms with Crippen molar-refractivity contribution in [2.75, 3.05) is 0 Å². The highest BCUT2D eigenvalue weighted by Crippen LogP contribution is 2.37. The molecule has 0 saturated carbocycles. The number of hydrogen-bond acceptors (Lipinski definition) is 1. The van der Waals surface area contributed by atoms with Gasteiger partial charge in [0.1, 0.15) is 0 Å².